The summed E-state index contributed by atoms with van der Waals surface area (Å²) in [5.41, 5.74) is 5.81. The van der Waals surface area contributed by atoms with Gasteiger partial charge in [0.15, 0.2) is 5.84 Å². The van der Waals surface area contributed by atoms with Crippen LogP contribution in [0.4, 0.5) is 0 Å². The summed E-state index contributed by atoms with van der Waals surface area (Å²) in [6.07, 6.45) is 4.56. The maximum Gasteiger partial charge on any atom is 0.170 e. The topological polar surface area (TPSA) is 90.2 Å². The molecule has 0 atom stereocenters. The van der Waals surface area contributed by atoms with Crippen molar-refractivity contribution in [2.24, 2.45) is 16.7 Å². The van der Waals surface area contributed by atoms with Gasteiger partial charge in [-0.2, -0.15) is 5.10 Å². The molecule has 4 N–H and O–H groups in total. The van der Waals surface area contributed by atoms with Gasteiger partial charge >= 0.3 is 0 Å². The van der Waals surface area contributed by atoms with E-state index in [1.165, 1.54) is 12.4 Å². The Balaban J connectivity index is 2.96. The monoisotopic (exact) mass is 137 g/mol. The summed E-state index contributed by atoms with van der Waals surface area (Å²) >= 11 is 0. The Morgan fingerprint density at radius 2 is 2.30 bits per heavy atom. The summed E-state index contributed by atoms with van der Waals surface area (Å²) in [4.78, 5) is 7.63. The summed E-state index contributed by atoms with van der Waals surface area (Å²) in [6.45, 7) is 0. The Morgan fingerprint density at radius 3 is 2.80 bits per heavy atom. The number of aromatic nitrogens is 2. The van der Waals surface area contributed by atoms with Crippen molar-refractivity contribution in [1.82, 2.24) is 9.97 Å². The highest BCUT2D eigenvalue weighted by Gasteiger charge is 1.95. The van der Waals surface area contributed by atoms with E-state index >= 15 is 0 Å². The molecule has 0 saturated carbocycles. The van der Waals surface area contributed by atoms with Crippen LogP contribution in [0.5, 0.6) is 0 Å². The normalized spacial score (nSPS) is 11.4. The molecule has 0 radical (unpaired) electrons. The zero-order valence-corrected chi connectivity index (χ0v) is 5.23. The minimum atomic E-state index is 0.188. The second-order valence-corrected chi connectivity index (χ2v) is 1.60. The maximum atomic E-state index is 5.32. The van der Waals surface area contributed by atoms with Crippen molar-refractivity contribution in [2.45, 2.75) is 0 Å². The van der Waals surface area contributed by atoms with Crippen LogP contribution < -0.4 is 11.6 Å². The van der Waals surface area contributed by atoms with Crippen molar-refractivity contribution in [3.8, 4) is 0 Å². The first kappa shape index (κ1) is 6.47. The van der Waals surface area contributed by atoms with Gasteiger partial charge in [0.25, 0.3) is 0 Å². The number of nitrogens with zero attached hydrogens (tertiary/aromatic N) is 3. The largest absolute Gasteiger partial charge is 0.380 e. The predicted octanol–water partition coefficient (Wildman–Crippen LogP) is -0.944. The van der Waals surface area contributed by atoms with E-state index < -0.39 is 0 Å². The fourth-order valence-corrected chi connectivity index (χ4v) is 0.497. The number of hydrogen-bond acceptors (Lipinski definition) is 4. The number of rotatable bonds is 1. The molecule has 0 bridgehead atoms. The lowest BCUT2D eigenvalue weighted by molar-refractivity contribution is 1.14. The zero-order chi connectivity index (χ0) is 7.40. The molecule has 0 fully saturated rings. The Morgan fingerprint density at radius 1 is 1.50 bits per heavy atom. The van der Waals surface area contributed by atoms with E-state index in [1.54, 1.807) is 6.20 Å². The quantitative estimate of drug-likeness (QED) is 0.226. The smallest absolute Gasteiger partial charge is 0.170 e. The van der Waals surface area contributed by atoms with Gasteiger partial charge in [0.1, 0.15) is 5.69 Å². The van der Waals surface area contributed by atoms with Gasteiger partial charge in [-0.05, 0) is 0 Å². The van der Waals surface area contributed by atoms with Crippen molar-refractivity contribution in [3.63, 3.8) is 0 Å². The minimum absolute atomic E-state index is 0.188. The highest BCUT2D eigenvalue weighted by molar-refractivity contribution is 5.94. The summed E-state index contributed by atoms with van der Waals surface area (Å²) < 4.78 is 0. The molecule has 1 rings (SSSR count). The molecule has 0 amide bonds. The lowest BCUT2D eigenvalue weighted by Crippen LogP contribution is -2.17. The van der Waals surface area contributed by atoms with E-state index in [9.17, 15) is 0 Å². The molecule has 10 heavy (non-hydrogen) atoms. The van der Waals surface area contributed by atoms with E-state index in [0.717, 1.165) is 0 Å². The summed E-state index contributed by atoms with van der Waals surface area (Å²) in [5, 5.41) is 3.25. The fourth-order valence-electron chi connectivity index (χ4n) is 0.497. The summed E-state index contributed by atoms with van der Waals surface area (Å²) in [5.74, 6) is 5.09. The van der Waals surface area contributed by atoms with Crippen LogP contribution in [0.2, 0.25) is 0 Å². The zero-order valence-electron chi connectivity index (χ0n) is 5.23. The van der Waals surface area contributed by atoms with Gasteiger partial charge < -0.3 is 11.6 Å². The van der Waals surface area contributed by atoms with E-state index in [4.69, 9.17) is 11.6 Å². The van der Waals surface area contributed by atoms with Crippen molar-refractivity contribution < 1.29 is 0 Å². The highest BCUT2D eigenvalue weighted by Crippen LogP contribution is 1.86. The van der Waals surface area contributed by atoms with Crippen LogP contribution in [-0.4, -0.2) is 15.8 Å². The standard InChI is InChI=1S/C5H7N5/c6-5(10-7)4-3-8-1-2-9-4/h1-3H,7H2,(H2,6,10). The second kappa shape index (κ2) is 2.77. The first-order chi connectivity index (χ1) is 4.84. The van der Waals surface area contributed by atoms with Crippen molar-refractivity contribution >= 4 is 5.84 Å². The number of amidine groups is 1. The Kier molecular flexibility index (Phi) is 1.79. The lowest BCUT2D eigenvalue weighted by Gasteiger charge is -1.93. The summed E-state index contributed by atoms with van der Waals surface area (Å²) in [6, 6.07) is 0. The third-order valence-corrected chi connectivity index (χ3v) is 0.965. The van der Waals surface area contributed by atoms with Crippen LogP contribution in [0.25, 0.3) is 0 Å². The van der Waals surface area contributed by atoms with Gasteiger partial charge in [-0.3, -0.25) is 4.98 Å². The number of nitrogens with two attached hydrogens (primary N) is 2. The van der Waals surface area contributed by atoms with Crippen LogP contribution in [0.15, 0.2) is 23.7 Å². The SMILES string of the molecule is NN=C(N)c1cnccn1. The third-order valence-electron chi connectivity index (χ3n) is 0.965. The predicted molar refractivity (Wildman–Crippen MR) is 36.9 cm³/mol. The molecule has 1 heterocycles. The fraction of sp³-hybridized carbons (Fsp3) is 0. The van der Waals surface area contributed by atoms with Gasteiger partial charge in [-0.1, -0.05) is 0 Å². The van der Waals surface area contributed by atoms with Gasteiger partial charge in [0.05, 0.1) is 6.20 Å². The minimum Gasteiger partial charge on any atom is -0.380 e. The van der Waals surface area contributed by atoms with Crippen LogP contribution in [0.3, 0.4) is 0 Å². The number of hydrazone groups is 1. The first-order valence-electron chi connectivity index (χ1n) is 2.64. The molecule has 0 aliphatic carbocycles. The van der Waals surface area contributed by atoms with E-state index in [1.807, 2.05) is 0 Å². The van der Waals surface area contributed by atoms with E-state index in [2.05, 4.69) is 15.1 Å². The van der Waals surface area contributed by atoms with E-state index in [0.29, 0.717) is 5.69 Å². The van der Waals surface area contributed by atoms with Crippen molar-refractivity contribution in [1.29, 1.82) is 0 Å². The Bertz CT molecular complexity index is 229. The Labute approximate surface area is 57.8 Å². The molecule has 0 aromatic carbocycles. The van der Waals surface area contributed by atoms with Gasteiger partial charge in [-0.15, -0.1) is 0 Å². The van der Waals surface area contributed by atoms with Crippen LogP contribution in [0.1, 0.15) is 5.69 Å². The van der Waals surface area contributed by atoms with Crippen LogP contribution in [-0.2, 0) is 0 Å². The third kappa shape index (κ3) is 1.19. The van der Waals surface area contributed by atoms with Gasteiger partial charge in [0, 0.05) is 12.4 Å². The van der Waals surface area contributed by atoms with Crippen LogP contribution in [0, 0.1) is 0 Å². The van der Waals surface area contributed by atoms with Gasteiger partial charge in [-0.25, -0.2) is 4.98 Å². The van der Waals surface area contributed by atoms with Crippen molar-refractivity contribution in [3.05, 3.63) is 24.3 Å². The molecule has 1 aromatic rings. The molecule has 0 aliphatic heterocycles. The molecule has 5 nitrogen and oxygen atoms in total. The molecule has 0 aliphatic rings. The molecule has 5 heteroatoms. The molecular formula is C5H7N5. The Hall–Kier alpha value is -1.65. The van der Waals surface area contributed by atoms with E-state index in [-0.39, 0.29) is 5.84 Å². The average molecular weight is 137 g/mol. The molecule has 0 unspecified atom stereocenters. The van der Waals surface area contributed by atoms with Crippen LogP contribution >= 0.6 is 0 Å². The first-order valence-corrected chi connectivity index (χ1v) is 2.64. The summed E-state index contributed by atoms with van der Waals surface area (Å²) in [7, 11) is 0. The molecule has 0 saturated heterocycles. The second-order valence-electron chi connectivity index (χ2n) is 1.60. The lowest BCUT2D eigenvalue weighted by atomic mass is 10.4. The number of hydrogen-bond donors (Lipinski definition) is 2. The molecular weight excluding hydrogens is 130 g/mol. The average Bonchev–Trinajstić information content (AvgIpc) is 2.05. The molecule has 1 aromatic heterocycles. The highest BCUT2D eigenvalue weighted by atomic mass is 15.2. The molecule has 0 spiro atoms. The maximum absolute atomic E-state index is 5.32. The van der Waals surface area contributed by atoms with Gasteiger partial charge in [0.2, 0.25) is 0 Å². The molecule has 52 valence electrons. The van der Waals surface area contributed by atoms with Crippen molar-refractivity contribution in [2.75, 3.05) is 0 Å².